The highest BCUT2D eigenvalue weighted by Crippen LogP contribution is 2.17. The Morgan fingerprint density at radius 1 is 1.40 bits per heavy atom. The van der Waals surface area contributed by atoms with Gasteiger partial charge in [-0.1, -0.05) is 13.3 Å². The van der Waals surface area contributed by atoms with Crippen molar-refractivity contribution in [2.75, 3.05) is 11.9 Å². The minimum atomic E-state index is 0.258. The van der Waals surface area contributed by atoms with Gasteiger partial charge in [0.15, 0.2) is 0 Å². The maximum atomic E-state index is 5.74. The second-order valence-corrected chi connectivity index (χ2v) is 3.66. The Balaban J connectivity index is 2.56. The average molecular weight is 208 g/mol. The lowest BCUT2D eigenvalue weighted by atomic mass is 10.2. The van der Waals surface area contributed by atoms with Gasteiger partial charge in [0.1, 0.15) is 5.75 Å². The zero-order chi connectivity index (χ0) is 11.1. The molecule has 1 N–H and O–H groups in total. The molecule has 0 aromatic carbocycles. The van der Waals surface area contributed by atoms with Crippen LogP contribution in [0.1, 0.15) is 33.6 Å². The molecule has 0 fully saturated rings. The second kappa shape index (κ2) is 6.27. The van der Waals surface area contributed by atoms with Crippen molar-refractivity contribution < 1.29 is 4.74 Å². The van der Waals surface area contributed by atoms with Gasteiger partial charge in [0.2, 0.25) is 0 Å². The van der Waals surface area contributed by atoms with Crippen molar-refractivity contribution >= 4 is 5.69 Å². The molecule has 15 heavy (non-hydrogen) atoms. The lowest BCUT2D eigenvalue weighted by molar-refractivity contribution is 0.209. The normalized spacial score (nSPS) is 12.2. The zero-order valence-electron chi connectivity index (χ0n) is 9.79. The van der Waals surface area contributed by atoms with Gasteiger partial charge >= 0.3 is 0 Å². The van der Waals surface area contributed by atoms with E-state index in [1.54, 1.807) is 12.4 Å². The van der Waals surface area contributed by atoms with Crippen molar-refractivity contribution in [1.82, 2.24) is 4.98 Å². The summed E-state index contributed by atoms with van der Waals surface area (Å²) >= 11 is 0. The molecule has 1 unspecified atom stereocenters. The third-order valence-electron chi connectivity index (χ3n) is 2.13. The fraction of sp³-hybridized carbons (Fsp3) is 0.583. The Labute approximate surface area is 91.9 Å². The number of hydrogen-bond acceptors (Lipinski definition) is 3. The number of ether oxygens (including phenoxy) is 1. The molecule has 0 saturated heterocycles. The van der Waals surface area contributed by atoms with E-state index >= 15 is 0 Å². The quantitative estimate of drug-likeness (QED) is 0.780. The Hall–Kier alpha value is -1.25. The highest BCUT2D eigenvalue weighted by atomic mass is 16.5. The monoisotopic (exact) mass is 208 g/mol. The van der Waals surface area contributed by atoms with E-state index in [0.717, 1.165) is 30.8 Å². The van der Waals surface area contributed by atoms with E-state index in [2.05, 4.69) is 31.1 Å². The van der Waals surface area contributed by atoms with E-state index < -0.39 is 0 Å². The lowest BCUT2D eigenvalue weighted by Crippen LogP contribution is -2.11. The van der Waals surface area contributed by atoms with E-state index in [0.29, 0.717) is 0 Å². The largest absolute Gasteiger partial charge is 0.489 e. The summed E-state index contributed by atoms with van der Waals surface area (Å²) < 4.78 is 5.74. The van der Waals surface area contributed by atoms with Gasteiger partial charge in [0.05, 0.1) is 24.2 Å². The smallest absolute Gasteiger partial charge is 0.140 e. The Morgan fingerprint density at radius 2 is 2.20 bits per heavy atom. The number of rotatable bonds is 6. The maximum Gasteiger partial charge on any atom is 0.140 e. The van der Waals surface area contributed by atoms with E-state index in [9.17, 15) is 0 Å². The Morgan fingerprint density at radius 3 is 2.87 bits per heavy atom. The van der Waals surface area contributed by atoms with Gasteiger partial charge in [0, 0.05) is 12.6 Å². The standard InChI is InChI=1S/C12H20N2O/c1-4-6-10(3)15-12-7-11(14-5-2)8-13-9-12/h7-10,14H,4-6H2,1-3H3. The van der Waals surface area contributed by atoms with E-state index in [-0.39, 0.29) is 6.10 Å². The van der Waals surface area contributed by atoms with Crippen molar-refractivity contribution in [2.45, 2.75) is 39.7 Å². The van der Waals surface area contributed by atoms with Gasteiger partial charge in [-0.15, -0.1) is 0 Å². The molecule has 1 aromatic rings. The molecule has 3 heteroatoms. The van der Waals surface area contributed by atoms with Gasteiger partial charge in [0.25, 0.3) is 0 Å². The summed E-state index contributed by atoms with van der Waals surface area (Å²) in [6.07, 6.45) is 6.04. The number of nitrogens with zero attached hydrogens (tertiary/aromatic N) is 1. The fourth-order valence-corrected chi connectivity index (χ4v) is 1.48. The summed E-state index contributed by atoms with van der Waals surface area (Å²) in [4.78, 5) is 4.13. The minimum Gasteiger partial charge on any atom is -0.489 e. The van der Waals surface area contributed by atoms with Crippen LogP contribution in [0.4, 0.5) is 5.69 Å². The van der Waals surface area contributed by atoms with E-state index in [1.165, 1.54) is 0 Å². The molecule has 0 aliphatic carbocycles. The van der Waals surface area contributed by atoms with Crippen LogP contribution in [0.2, 0.25) is 0 Å². The van der Waals surface area contributed by atoms with Gasteiger partial charge in [-0.2, -0.15) is 0 Å². The summed E-state index contributed by atoms with van der Waals surface area (Å²) in [6.45, 7) is 7.21. The Bertz CT molecular complexity index is 289. The van der Waals surface area contributed by atoms with Gasteiger partial charge in [-0.3, -0.25) is 4.98 Å². The van der Waals surface area contributed by atoms with Gasteiger partial charge < -0.3 is 10.1 Å². The van der Waals surface area contributed by atoms with Crippen molar-refractivity contribution in [3.8, 4) is 5.75 Å². The molecule has 0 bridgehead atoms. The van der Waals surface area contributed by atoms with Crippen LogP contribution in [-0.4, -0.2) is 17.6 Å². The first-order chi connectivity index (χ1) is 7.26. The van der Waals surface area contributed by atoms with Crippen molar-refractivity contribution in [3.63, 3.8) is 0 Å². The van der Waals surface area contributed by atoms with Gasteiger partial charge in [-0.25, -0.2) is 0 Å². The molecule has 1 aromatic heterocycles. The highest BCUT2D eigenvalue weighted by Gasteiger charge is 2.03. The van der Waals surface area contributed by atoms with Crippen LogP contribution in [0.25, 0.3) is 0 Å². The number of hydrogen-bond donors (Lipinski definition) is 1. The minimum absolute atomic E-state index is 0.258. The average Bonchev–Trinajstić information content (AvgIpc) is 2.19. The number of aromatic nitrogens is 1. The van der Waals surface area contributed by atoms with Crippen LogP contribution in [0.5, 0.6) is 5.75 Å². The van der Waals surface area contributed by atoms with Crippen molar-refractivity contribution in [2.24, 2.45) is 0 Å². The van der Waals surface area contributed by atoms with Crippen molar-refractivity contribution in [1.29, 1.82) is 0 Å². The topological polar surface area (TPSA) is 34.1 Å². The van der Waals surface area contributed by atoms with Crippen LogP contribution in [-0.2, 0) is 0 Å². The highest BCUT2D eigenvalue weighted by molar-refractivity contribution is 5.44. The summed E-state index contributed by atoms with van der Waals surface area (Å²) in [5.41, 5.74) is 1.01. The van der Waals surface area contributed by atoms with E-state index in [1.807, 2.05) is 6.07 Å². The number of pyridine rings is 1. The molecule has 0 spiro atoms. The molecular weight excluding hydrogens is 188 g/mol. The third kappa shape index (κ3) is 4.19. The predicted molar refractivity (Wildman–Crippen MR) is 63.4 cm³/mol. The molecule has 1 atom stereocenters. The second-order valence-electron chi connectivity index (χ2n) is 3.66. The molecule has 0 radical (unpaired) electrons. The number of anilines is 1. The van der Waals surface area contributed by atoms with E-state index in [4.69, 9.17) is 4.74 Å². The fourth-order valence-electron chi connectivity index (χ4n) is 1.48. The molecule has 0 aliphatic heterocycles. The maximum absolute atomic E-state index is 5.74. The summed E-state index contributed by atoms with van der Waals surface area (Å²) in [5, 5.41) is 3.21. The first kappa shape index (κ1) is 11.8. The predicted octanol–water partition coefficient (Wildman–Crippen LogP) is 3.08. The molecule has 1 heterocycles. The zero-order valence-corrected chi connectivity index (χ0v) is 9.79. The van der Waals surface area contributed by atoms with Gasteiger partial charge in [-0.05, 0) is 20.3 Å². The molecule has 0 amide bonds. The molecule has 0 saturated carbocycles. The SMILES string of the molecule is CCCC(C)Oc1cncc(NCC)c1. The van der Waals surface area contributed by atoms with Crippen LogP contribution in [0, 0.1) is 0 Å². The van der Waals surface area contributed by atoms with Crippen LogP contribution >= 0.6 is 0 Å². The van der Waals surface area contributed by atoms with Crippen LogP contribution in [0.3, 0.4) is 0 Å². The molecule has 0 aliphatic rings. The molecule has 84 valence electrons. The Kier molecular flexibility index (Phi) is 4.95. The van der Waals surface area contributed by atoms with Crippen molar-refractivity contribution in [3.05, 3.63) is 18.5 Å². The summed E-state index contributed by atoms with van der Waals surface area (Å²) in [6, 6.07) is 1.99. The van der Waals surface area contributed by atoms with Crippen LogP contribution < -0.4 is 10.1 Å². The van der Waals surface area contributed by atoms with Crippen LogP contribution in [0.15, 0.2) is 18.5 Å². The summed E-state index contributed by atoms with van der Waals surface area (Å²) in [7, 11) is 0. The first-order valence-corrected chi connectivity index (χ1v) is 5.61. The molecular formula is C12H20N2O. The lowest BCUT2D eigenvalue weighted by Gasteiger charge is -2.14. The first-order valence-electron chi connectivity index (χ1n) is 5.61. The third-order valence-corrected chi connectivity index (χ3v) is 2.13. The molecule has 1 rings (SSSR count). The molecule has 3 nitrogen and oxygen atoms in total. The summed E-state index contributed by atoms with van der Waals surface area (Å²) in [5.74, 6) is 0.842. The number of nitrogens with one attached hydrogen (secondary N) is 1.